The van der Waals surface area contributed by atoms with Crippen molar-refractivity contribution in [1.29, 1.82) is 0 Å². The van der Waals surface area contributed by atoms with Crippen LogP contribution in [0, 0.1) is 0 Å². The topological polar surface area (TPSA) is 74.7 Å². The summed E-state index contributed by atoms with van der Waals surface area (Å²) in [6.07, 6.45) is 0. The highest BCUT2D eigenvalue weighted by Crippen LogP contribution is 2.42. The molecule has 6 heteroatoms. The number of alkyl halides is 1. The minimum Gasteiger partial charge on any atom is -0.480 e. The Balaban J connectivity index is 2.53. The van der Waals surface area contributed by atoms with Gasteiger partial charge in [-0.05, 0) is 44.5 Å². The Kier molecular flexibility index (Phi) is 3.93. The van der Waals surface area contributed by atoms with E-state index in [0.29, 0.717) is 16.8 Å². The Labute approximate surface area is 131 Å². The van der Waals surface area contributed by atoms with Crippen LogP contribution < -0.4 is 4.90 Å². The van der Waals surface area contributed by atoms with Gasteiger partial charge in [0.25, 0.3) is 0 Å². The van der Waals surface area contributed by atoms with Gasteiger partial charge in [0.2, 0.25) is 5.91 Å². The Morgan fingerprint density at radius 1 is 1.38 bits per heavy atom. The van der Waals surface area contributed by atoms with Gasteiger partial charge in [0.1, 0.15) is 6.54 Å². The van der Waals surface area contributed by atoms with Crippen molar-refractivity contribution in [3.63, 3.8) is 0 Å². The highest BCUT2D eigenvalue weighted by molar-refractivity contribution is 9.10. The predicted octanol–water partition coefficient (Wildman–Crippen LogP) is 2.36. The minimum atomic E-state index is -1.07. The molecule has 1 N–H and O–H groups in total. The first kappa shape index (κ1) is 15.7. The molecular weight excluding hydrogens is 338 g/mol. The fourth-order valence-electron chi connectivity index (χ4n) is 2.51. The smallest absolute Gasteiger partial charge is 0.323 e. The van der Waals surface area contributed by atoms with Crippen LogP contribution in [0.5, 0.6) is 0 Å². The molecule has 0 radical (unpaired) electrons. The molecule has 0 aliphatic carbocycles. The van der Waals surface area contributed by atoms with E-state index >= 15 is 0 Å². The number of aliphatic carboxylic acids is 1. The zero-order valence-corrected chi connectivity index (χ0v) is 13.6. The van der Waals surface area contributed by atoms with Crippen LogP contribution in [-0.2, 0) is 15.0 Å². The molecule has 0 bridgehead atoms. The predicted molar refractivity (Wildman–Crippen MR) is 82.2 cm³/mol. The number of anilines is 1. The Bertz CT molecular complexity index is 637. The third-order valence-corrected chi connectivity index (χ3v) is 4.10. The van der Waals surface area contributed by atoms with E-state index in [1.165, 1.54) is 4.90 Å². The number of halogens is 1. The Hall–Kier alpha value is -1.69. The molecule has 1 aliphatic heterocycles. The van der Waals surface area contributed by atoms with Crippen molar-refractivity contribution >= 4 is 39.3 Å². The van der Waals surface area contributed by atoms with Crippen molar-refractivity contribution in [2.45, 2.75) is 31.0 Å². The molecule has 0 saturated heterocycles. The van der Waals surface area contributed by atoms with Crippen molar-refractivity contribution in [1.82, 2.24) is 0 Å². The van der Waals surface area contributed by atoms with Crippen molar-refractivity contribution in [2.24, 2.45) is 0 Å². The monoisotopic (exact) mass is 353 g/mol. The number of carboxylic acids is 1. The maximum Gasteiger partial charge on any atom is 0.323 e. The highest BCUT2D eigenvalue weighted by Gasteiger charge is 2.44. The normalized spacial score (nSPS) is 17.5. The molecule has 1 heterocycles. The van der Waals surface area contributed by atoms with Crippen LogP contribution in [0.2, 0.25) is 0 Å². The molecule has 5 nitrogen and oxygen atoms in total. The largest absolute Gasteiger partial charge is 0.480 e. The minimum absolute atomic E-state index is 0.0715. The van der Waals surface area contributed by atoms with E-state index in [0.717, 1.165) is 0 Å². The second-order valence-corrected chi connectivity index (χ2v) is 7.00. The summed E-state index contributed by atoms with van der Waals surface area (Å²) in [6.45, 7) is 4.84. The van der Waals surface area contributed by atoms with Gasteiger partial charge >= 0.3 is 5.97 Å². The maximum atomic E-state index is 12.4. The molecule has 1 aliphatic rings. The van der Waals surface area contributed by atoms with Crippen LogP contribution in [0.25, 0.3) is 0 Å². The molecule has 0 fully saturated rings. The van der Waals surface area contributed by atoms with Crippen LogP contribution in [0.3, 0.4) is 0 Å². The van der Waals surface area contributed by atoms with E-state index in [-0.39, 0.29) is 23.1 Å². The van der Waals surface area contributed by atoms with Gasteiger partial charge < -0.3 is 10.0 Å². The highest BCUT2D eigenvalue weighted by atomic mass is 79.9. The molecule has 1 unspecified atom stereocenters. The number of carbonyl (C=O) groups is 3. The fraction of sp³-hybridized carbons (Fsp3) is 0.400. The van der Waals surface area contributed by atoms with Gasteiger partial charge in [-0.15, -0.1) is 0 Å². The lowest BCUT2D eigenvalue weighted by Crippen LogP contribution is -2.39. The third-order valence-electron chi connectivity index (χ3n) is 3.68. The van der Waals surface area contributed by atoms with Crippen LogP contribution in [-0.4, -0.2) is 34.1 Å². The molecule has 2 rings (SSSR count). The molecule has 1 amide bonds. The Morgan fingerprint density at radius 3 is 2.52 bits per heavy atom. The summed E-state index contributed by atoms with van der Waals surface area (Å²) in [5.41, 5.74) is 0.923. The summed E-state index contributed by atoms with van der Waals surface area (Å²) >= 11 is 3.24. The summed E-state index contributed by atoms with van der Waals surface area (Å²) < 4.78 is 0. The molecule has 0 aromatic heterocycles. The fourth-order valence-corrected chi connectivity index (χ4v) is 2.77. The zero-order chi connectivity index (χ0) is 15.9. The van der Waals surface area contributed by atoms with E-state index in [1.807, 2.05) is 0 Å². The van der Waals surface area contributed by atoms with Gasteiger partial charge in [-0.1, -0.05) is 15.9 Å². The van der Waals surface area contributed by atoms with Crippen molar-refractivity contribution in [2.75, 3.05) is 11.4 Å². The van der Waals surface area contributed by atoms with Crippen LogP contribution in [0.4, 0.5) is 5.69 Å². The van der Waals surface area contributed by atoms with Crippen molar-refractivity contribution in [3.05, 3.63) is 29.3 Å². The molecule has 1 aromatic rings. The third kappa shape index (κ3) is 2.60. The number of carbonyl (C=O) groups excluding carboxylic acids is 2. The van der Waals surface area contributed by atoms with Crippen molar-refractivity contribution < 1.29 is 19.5 Å². The van der Waals surface area contributed by atoms with E-state index < -0.39 is 11.4 Å². The first-order valence-electron chi connectivity index (χ1n) is 6.53. The number of hydrogen-bond donors (Lipinski definition) is 1. The first-order valence-corrected chi connectivity index (χ1v) is 7.44. The summed E-state index contributed by atoms with van der Waals surface area (Å²) in [6, 6.07) is 4.96. The average Bonchev–Trinajstić information content (AvgIpc) is 2.58. The van der Waals surface area contributed by atoms with Crippen LogP contribution in [0.15, 0.2) is 18.2 Å². The molecule has 21 heavy (non-hydrogen) atoms. The number of hydrogen-bond acceptors (Lipinski definition) is 3. The molecule has 0 saturated carbocycles. The second kappa shape index (κ2) is 5.26. The average molecular weight is 354 g/mol. The zero-order valence-electron chi connectivity index (χ0n) is 12.0. The molecule has 0 spiro atoms. The van der Waals surface area contributed by atoms with E-state index in [1.54, 1.807) is 39.0 Å². The van der Waals surface area contributed by atoms with Gasteiger partial charge in [-0.3, -0.25) is 14.4 Å². The summed E-state index contributed by atoms with van der Waals surface area (Å²) in [5, 5.41) is 8.95. The van der Waals surface area contributed by atoms with Gasteiger partial charge in [-0.2, -0.15) is 0 Å². The lowest BCUT2D eigenvalue weighted by Gasteiger charge is -2.18. The Morgan fingerprint density at radius 2 is 2.00 bits per heavy atom. The standard InChI is InChI=1S/C15H16BrNO4/c1-8(16)13(20)9-4-5-11-10(6-9)15(2,3)14(21)17(11)7-12(18)19/h4-6,8H,7H2,1-3H3,(H,18,19). The molecule has 112 valence electrons. The number of carboxylic acid groups (broad SMARTS) is 1. The lowest BCUT2D eigenvalue weighted by atomic mass is 9.85. The quantitative estimate of drug-likeness (QED) is 0.665. The number of benzene rings is 1. The molecule has 1 aromatic carbocycles. The number of ketones is 1. The van der Waals surface area contributed by atoms with Gasteiger partial charge in [0, 0.05) is 11.3 Å². The van der Waals surface area contributed by atoms with E-state index in [2.05, 4.69) is 15.9 Å². The number of amides is 1. The summed E-state index contributed by atoms with van der Waals surface area (Å²) in [4.78, 5) is 36.3. The van der Waals surface area contributed by atoms with E-state index in [9.17, 15) is 14.4 Å². The lowest BCUT2D eigenvalue weighted by molar-refractivity contribution is -0.137. The second-order valence-electron chi connectivity index (χ2n) is 5.62. The number of fused-ring (bicyclic) bond motifs is 1. The van der Waals surface area contributed by atoms with Crippen molar-refractivity contribution in [3.8, 4) is 0 Å². The molecule has 1 atom stereocenters. The van der Waals surface area contributed by atoms with Gasteiger partial charge in [0.15, 0.2) is 5.78 Å². The number of rotatable bonds is 4. The SMILES string of the molecule is CC(Br)C(=O)c1ccc2c(c1)C(C)(C)C(=O)N2CC(=O)O. The number of Topliss-reactive ketones (excluding diaryl/α,β-unsaturated/α-hetero) is 1. The summed E-state index contributed by atoms with van der Waals surface area (Å²) in [5.74, 6) is -1.41. The maximum absolute atomic E-state index is 12.4. The number of nitrogens with zero attached hydrogens (tertiary/aromatic N) is 1. The van der Waals surface area contributed by atoms with Crippen LogP contribution in [0.1, 0.15) is 36.7 Å². The van der Waals surface area contributed by atoms with E-state index in [4.69, 9.17) is 5.11 Å². The molecular formula is C15H16BrNO4. The summed E-state index contributed by atoms with van der Waals surface area (Å²) in [7, 11) is 0. The van der Waals surface area contributed by atoms with Gasteiger partial charge in [-0.25, -0.2) is 0 Å². The van der Waals surface area contributed by atoms with Crippen LogP contribution >= 0.6 is 15.9 Å². The first-order chi connectivity index (χ1) is 9.66. The van der Waals surface area contributed by atoms with Gasteiger partial charge in [0.05, 0.1) is 10.2 Å².